The van der Waals surface area contributed by atoms with Gasteiger partial charge in [0, 0.05) is 36.6 Å². The summed E-state index contributed by atoms with van der Waals surface area (Å²) in [4.78, 5) is 6.93. The van der Waals surface area contributed by atoms with Crippen LogP contribution in [0.2, 0.25) is 0 Å². The van der Waals surface area contributed by atoms with E-state index in [1.54, 1.807) is 0 Å². The maximum Gasteiger partial charge on any atom is 0.241 e. The molecule has 3 aromatic rings. The lowest BCUT2D eigenvalue weighted by atomic mass is 10.1. The highest BCUT2D eigenvalue weighted by Gasteiger charge is 2.25. The van der Waals surface area contributed by atoms with Crippen LogP contribution >= 0.6 is 0 Å². The molecular weight excluding hydrogens is 288 g/mol. The van der Waals surface area contributed by atoms with Crippen LogP contribution < -0.4 is 0 Å². The zero-order valence-corrected chi connectivity index (χ0v) is 13.4. The lowest BCUT2D eigenvalue weighted by Gasteiger charge is -2.33. The van der Waals surface area contributed by atoms with Gasteiger partial charge in [0.15, 0.2) is 0 Å². The van der Waals surface area contributed by atoms with Crippen molar-refractivity contribution >= 4 is 0 Å². The minimum atomic E-state index is 0.355. The molecule has 0 amide bonds. The first-order chi connectivity index (χ1) is 11.2. The molecule has 1 atom stereocenters. The molecule has 23 heavy (non-hydrogen) atoms. The molecule has 1 aliphatic heterocycles. The summed E-state index contributed by atoms with van der Waals surface area (Å²) in [6.07, 6.45) is 2.14. The summed E-state index contributed by atoms with van der Waals surface area (Å²) in [7, 11) is 0. The summed E-state index contributed by atoms with van der Waals surface area (Å²) >= 11 is 0. The highest BCUT2D eigenvalue weighted by molar-refractivity contribution is 5.54. The number of hydrogen-bond donors (Lipinski definition) is 0. The van der Waals surface area contributed by atoms with Crippen molar-refractivity contribution < 1.29 is 4.52 Å². The van der Waals surface area contributed by atoms with Gasteiger partial charge in [-0.2, -0.15) is 4.98 Å². The molecule has 0 fully saturated rings. The van der Waals surface area contributed by atoms with E-state index in [1.165, 1.54) is 11.3 Å². The van der Waals surface area contributed by atoms with Gasteiger partial charge in [0.25, 0.3) is 0 Å². The largest absolute Gasteiger partial charge is 0.349 e. The van der Waals surface area contributed by atoms with Crippen molar-refractivity contribution in [2.45, 2.75) is 33.0 Å². The van der Waals surface area contributed by atoms with Gasteiger partial charge in [-0.1, -0.05) is 35.0 Å². The van der Waals surface area contributed by atoms with Gasteiger partial charge in [-0.15, -0.1) is 0 Å². The number of fused-ring (bicyclic) bond motifs is 1. The van der Waals surface area contributed by atoms with E-state index in [1.807, 2.05) is 12.1 Å². The molecule has 0 bridgehead atoms. The van der Waals surface area contributed by atoms with E-state index in [9.17, 15) is 0 Å². The van der Waals surface area contributed by atoms with Crippen LogP contribution in [0.3, 0.4) is 0 Å². The highest BCUT2D eigenvalue weighted by atomic mass is 16.5. The summed E-state index contributed by atoms with van der Waals surface area (Å²) in [5, 5.41) is 4.12. The summed E-state index contributed by atoms with van der Waals surface area (Å²) in [6, 6.07) is 12.8. The van der Waals surface area contributed by atoms with Gasteiger partial charge in [-0.05, 0) is 26.0 Å². The molecule has 1 aromatic carbocycles. The average molecular weight is 308 g/mol. The molecule has 3 heterocycles. The molecule has 4 rings (SSSR count). The number of rotatable bonds is 3. The van der Waals surface area contributed by atoms with Crippen LogP contribution in [-0.4, -0.2) is 26.2 Å². The topological polar surface area (TPSA) is 47.1 Å². The standard InChI is InChI=1S/C18H20N4O/c1-13-5-7-15(8-6-13)18-19-17(23-20-18)12-22-11-10-21-9-3-4-16(21)14(22)2/h3-9,14H,10-12H2,1-2H3/t14-/m0/s1. The Morgan fingerprint density at radius 3 is 2.83 bits per heavy atom. The third kappa shape index (κ3) is 2.68. The van der Waals surface area contributed by atoms with Crippen LogP contribution in [0.5, 0.6) is 0 Å². The van der Waals surface area contributed by atoms with Gasteiger partial charge in [-0.25, -0.2) is 0 Å². The minimum absolute atomic E-state index is 0.355. The van der Waals surface area contributed by atoms with Crippen molar-refractivity contribution in [1.29, 1.82) is 0 Å². The Morgan fingerprint density at radius 1 is 1.17 bits per heavy atom. The molecule has 0 saturated carbocycles. The van der Waals surface area contributed by atoms with Gasteiger partial charge >= 0.3 is 0 Å². The van der Waals surface area contributed by atoms with Crippen molar-refractivity contribution in [3.8, 4) is 11.4 Å². The number of aromatic nitrogens is 3. The first kappa shape index (κ1) is 14.2. The molecule has 0 saturated heterocycles. The van der Waals surface area contributed by atoms with Crippen LogP contribution in [0.25, 0.3) is 11.4 Å². The Bertz CT molecular complexity index is 803. The average Bonchev–Trinajstić information content (AvgIpc) is 3.20. The van der Waals surface area contributed by atoms with Crippen LogP contribution in [0, 0.1) is 6.92 Å². The van der Waals surface area contributed by atoms with Crippen LogP contribution in [0.4, 0.5) is 0 Å². The fourth-order valence-corrected chi connectivity index (χ4v) is 3.16. The number of benzene rings is 1. The van der Waals surface area contributed by atoms with E-state index < -0.39 is 0 Å². The molecular formula is C18H20N4O. The van der Waals surface area contributed by atoms with Crippen molar-refractivity contribution in [2.24, 2.45) is 0 Å². The normalized spacial score (nSPS) is 18.1. The van der Waals surface area contributed by atoms with Crippen molar-refractivity contribution in [3.63, 3.8) is 0 Å². The summed E-state index contributed by atoms with van der Waals surface area (Å²) in [5.74, 6) is 1.33. The predicted molar refractivity (Wildman–Crippen MR) is 87.7 cm³/mol. The molecule has 0 radical (unpaired) electrons. The van der Waals surface area contributed by atoms with Crippen molar-refractivity contribution in [1.82, 2.24) is 19.6 Å². The summed E-state index contributed by atoms with van der Waals surface area (Å²) < 4.78 is 7.77. The van der Waals surface area contributed by atoms with Gasteiger partial charge < -0.3 is 9.09 Å². The van der Waals surface area contributed by atoms with Crippen LogP contribution in [-0.2, 0) is 13.1 Å². The first-order valence-corrected chi connectivity index (χ1v) is 7.99. The van der Waals surface area contributed by atoms with Gasteiger partial charge in [0.2, 0.25) is 11.7 Å². The minimum Gasteiger partial charge on any atom is -0.349 e. The van der Waals surface area contributed by atoms with E-state index in [0.29, 0.717) is 24.3 Å². The molecule has 0 N–H and O–H groups in total. The monoisotopic (exact) mass is 308 g/mol. The predicted octanol–water partition coefficient (Wildman–Crippen LogP) is 3.42. The molecule has 0 unspecified atom stereocenters. The lowest BCUT2D eigenvalue weighted by Crippen LogP contribution is -2.35. The lowest BCUT2D eigenvalue weighted by molar-refractivity contribution is 0.141. The van der Waals surface area contributed by atoms with E-state index in [-0.39, 0.29) is 0 Å². The first-order valence-electron chi connectivity index (χ1n) is 7.99. The number of nitrogens with zero attached hydrogens (tertiary/aromatic N) is 4. The number of aryl methyl sites for hydroxylation is 1. The molecule has 0 aliphatic carbocycles. The second-order valence-corrected chi connectivity index (χ2v) is 6.15. The maximum absolute atomic E-state index is 5.46. The van der Waals surface area contributed by atoms with Crippen molar-refractivity contribution in [2.75, 3.05) is 6.54 Å². The highest BCUT2D eigenvalue weighted by Crippen LogP contribution is 2.27. The molecule has 5 nitrogen and oxygen atoms in total. The second-order valence-electron chi connectivity index (χ2n) is 6.15. The van der Waals surface area contributed by atoms with Crippen molar-refractivity contribution in [3.05, 3.63) is 59.7 Å². The molecule has 1 aliphatic rings. The molecule has 2 aromatic heterocycles. The van der Waals surface area contributed by atoms with Crippen LogP contribution in [0.15, 0.2) is 47.1 Å². The SMILES string of the molecule is Cc1ccc(-c2noc(CN3CCn4cccc4[C@@H]3C)n2)cc1. The molecule has 118 valence electrons. The maximum atomic E-state index is 5.46. The van der Waals surface area contributed by atoms with E-state index in [4.69, 9.17) is 4.52 Å². The number of hydrogen-bond acceptors (Lipinski definition) is 4. The quantitative estimate of drug-likeness (QED) is 0.744. The third-order valence-corrected chi connectivity index (χ3v) is 4.58. The van der Waals surface area contributed by atoms with Gasteiger partial charge in [0.05, 0.1) is 6.54 Å². The smallest absolute Gasteiger partial charge is 0.241 e. The van der Waals surface area contributed by atoms with Crippen LogP contribution in [0.1, 0.15) is 30.1 Å². The molecule has 5 heteroatoms. The zero-order chi connectivity index (χ0) is 15.8. The third-order valence-electron chi connectivity index (χ3n) is 4.58. The summed E-state index contributed by atoms with van der Waals surface area (Å²) in [5.41, 5.74) is 3.56. The Labute approximate surface area is 135 Å². The summed E-state index contributed by atoms with van der Waals surface area (Å²) in [6.45, 7) is 6.98. The zero-order valence-electron chi connectivity index (χ0n) is 13.4. The van der Waals surface area contributed by atoms with E-state index in [0.717, 1.165) is 18.7 Å². The van der Waals surface area contributed by atoms with Gasteiger partial charge in [-0.3, -0.25) is 4.90 Å². The van der Waals surface area contributed by atoms with E-state index in [2.05, 4.69) is 63.9 Å². The fourth-order valence-electron chi connectivity index (χ4n) is 3.16. The van der Waals surface area contributed by atoms with Gasteiger partial charge in [0.1, 0.15) is 0 Å². The van der Waals surface area contributed by atoms with E-state index >= 15 is 0 Å². The molecule has 0 spiro atoms. The fraction of sp³-hybridized carbons (Fsp3) is 0.333. The Balaban J connectivity index is 1.51. The Hall–Kier alpha value is -2.40. The second kappa shape index (κ2) is 5.66. The Morgan fingerprint density at radius 2 is 2.00 bits per heavy atom. The Kier molecular flexibility index (Phi) is 3.50.